The number of aryl methyl sites for hydroxylation is 2. The molecule has 1 atom stereocenters. The van der Waals surface area contributed by atoms with E-state index >= 15 is 0 Å². The second-order valence-electron chi connectivity index (χ2n) is 8.99. The van der Waals surface area contributed by atoms with Crippen molar-refractivity contribution in [3.8, 4) is 29.5 Å². The fraction of sp³-hybridized carbons (Fsp3) is 0.269. The Morgan fingerprint density at radius 2 is 2.09 bits per heavy atom. The molecule has 0 spiro atoms. The highest BCUT2D eigenvalue weighted by Gasteiger charge is 2.28. The van der Waals surface area contributed by atoms with Gasteiger partial charge in [-0.1, -0.05) is 12.0 Å². The van der Waals surface area contributed by atoms with Gasteiger partial charge in [-0.15, -0.1) is 16.6 Å². The number of fused-ring (bicyclic) bond motifs is 1. The molecule has 8 nitrogen and oxygen atoms in total. The number of anilines is 1. The average molecular weight is 468 g/mol. The van der Waals surface area contributed by atoms with Crippen molar-refractivity contribution in [1.29, 1.82) is 0 Å². The van der Waals surface area contributed by atoms with Gasteiger partial charge in [-0.3, -0.25) is 9.36 Å². The minimum atomic E-state index is -0.602. The van der Waals surface area contributed by atoms with Crippen LogP contribution in [0.15, 0.2) is 42.9 Å². The summed E-state index contributed by atoms with van der Waals surface area (Å²) in [6.07, 6.45) is 13.2. The van der Waals surface area contributed by atoms with Crippen LogP contribution in [0.2, 0.25) is 0 Å². The number of carbonyl (C=O) groups excluding carboxylic acids is 1. The monoisotopic (exact) mass is 467 g/mol. The summed E-state index contributed by atoms with van der Waals surface area (Å²) in [6.45, 7) is 1.81. The number of nitrogens with zero attached hydrogens (tertiary/aromatic N) is 6. The van der Waals surface area contributed by atoms with Crippen LogP contribution >= 0.6 is 0 Å². The Hall–Kier alpha value is -4.32. The summed E-state index contributed by atoms with van der Waals surface area (Å²) in [5, 5.41) is 11.2. The topological polar surface area (TPSA) is 90.5 Å². The summed E-state index contributed by atoms with van der Waals surface area (Å²) in [5.74, 6) is 3.71. The van der Waals surface area contributed by atoms with E-state index in [1.165, 1.54) is 6.07 Å². The van der Waals surface area contributed by atoms with Crippen LogP contribution in [-0.4, -0.2) is 35.2 Å². The zero-order valence-corrected chi connectivity index (χ0v) is 19.1. The van der Waals surface area contributed by atoms with Gasteiger partial charge in [0.25, 0.3) is 5.91 Å². The quantitative estimate of drug-likeness (QED) is 0.444. The van der Waals surface area contributed by atoms with Crippen molar-refractivity contribution in [2.75, 3.05) is 5.32 Å². The summed E-state index contributed by atoms with van der Waals surface area (Å²) in [5.41, 5.74) is 2.89. The molecule has 4 aromatic rings. The minimum absolute atomic E-state index is 0.0739. The van der Waals surface area contributed by atoms with E-state index in [2.05, 4.69) is 31.4 Å². The zero-order chi connectivity index (χ0) is 24.1. The molecule has 1 saturated carbocycles. The number of imidazole rings is 1. The number of amides is 1. The first-order valence-corrected chi connectivity index (χ1v) is 11.5. The number of benzene rings is 1. The summed E-state index contributed by atoms with van der Waals surface area (Å²) >= 11 is 0. The van der Waals surface area contributed by atoms with Crippen LogP contribution in [0.4, 0.5) is 10.2 Å². The third-order valence-corrected chi connectivity index (χ3v) is 6.54. The molecular formula is C26H22FN7O. The first-order valence-electron chi connectivity index (χ1n) is 11.5. The molecule has 1 aliphatic heterocycles. The number of halogens is 1. The van der Waals surface area contributed by atoms with Crippen molar-refractivity contribution in [2.45, 2.75) is 44.6 Å². The smallest absolute Gasteiger partial charge is 0.259 e. The lowest BCUT2D eigenvalue weighted by atomic mass is 10.1. The van der Waals surface area contributed by atoms with E-state index in [0.717, 1.165) is 37.2 Å². The Morgan fingerprint density at radius 1 is 1.23 bits per heavy atom. The van der Waals surface area contributed by atoms with Gasteiger partial charge in [-0.05, 0) is 56.0 Å². The van der Waals surface area contributed by atoms with E-state index in [9.17, 15) is 9.18 Å². The summed E-state index contributed by atoms with van der Waals surface area (Å²) in [7, 11) is 0. The number of hydrogen-bond donors (Lipinski definition) is 1. The van der Waals surface area contributed by atoms with Crippen LogP contribution in [0.25, 0.3) is 17.2 Å². The van der Waals surface area contributed by atoms with Crippen LogP contribution in [-0.2, 0) is 6.42 Å². The minimum Gasteiger partial charge on any atom is -0.306 e. The molecule has 0 saturated heterocycles. The molecule has 1 N–H and O–H groups in total. The van der Waals surface area contributed by atoms with Gasteiger partial charge in [0.05, 0.1) is 29.3 Å². The van der Waals surface area contributed by atoms with Crippen LogP contribution < -0.4 is 5.32 Å². The molecule has 1 aliphatic carbocycles. The number of hydrogen-bond acceptors (Lipinski definition) is 5. The molecule has 1 aromatic carbocycles. The molecular weight excluding hydrogens is 445 g/mol. The van der Waals surface area contributed by atoms with Gasteiger partial charge in [0.1, 0.15) is 23.2 Å². The molecule has 1 amide bonds. The summed E-state index contributed by atoms with van der Waals surface area (Å²) in [4.78, 5) is 22.0. The first kappa shape index (κ1) is 21.2. The van der Waals surface area contributed by atoms with Crippen LogP contribution in [0.1, 0.15) is 58.7 Å². The van der Waals surface area contributed by atoms with Gasteiger partial charge >= 0.3 is 0 Å². The molecule has 4 heterocycles. The van der Waals surface area contributed by atoms with E-state index < -0.39 is 11.7 Å². The number of nitrogens with one attached hydrogen (secondary N) is 1. The Labute approximate surface area is 201 Å². The van der Waals surface area contributed by atoms with Gasteiger partial charge in [0.2, 0.25) is 0 Å². The van der Waals surface area contributed by atoms with Crippen LogP contribution in [0, 0.1) is 25.1 Å². The summed E-state index contributed by atoms with van der Waals surface area (Å²) in [6, 6.07) is 7.96. The second-order valence-corrected chi connectivity index (χ2v) is 8.99. The van der Waals surface area contributed by atoms with E-state index in [1.807, 2.05) is 22.3 Å². The lowest BCUT2D eigenvalue weighted by molar-refractivity contribution is 0.102. The fourth-order valence-electron chi connectivity index (χ4n) is 4.53. The molecule has 35 heavy (non-hydrogen) atoms. The van der Waals surface area contributed by atoms with Crippen molar-refractivity contribution in [3.05, 3.63) is 71.3 Å². The first-order chi connectivity index (χ1) is 17.0. The van der Waals surface area contributed by atoms with Crippen molar-refractivity contribution in [2.24, 2.45) is 0 Å². The Bertz CT molecular complexity index is 1510. The third kappa shape index (κ3) is 3.77. The highest BCUT2D eigenvalue weighted by molar-refractivity contribution is 6.04. The maximum atomic E-state index is 14.8. The molecule has 1 fully saturated rings. The second kappa shape index (κ2) is 8.17. The van der Waals surface area contributed by atoms with Crippen molar-refractivity contribution in [3.63, 3.8) is 0 Å². The maximum absolute atomic E-state index is 14.8. The molecule has 3 aromatic heterocycles. The number of rotatable bonds is 5. The Kier molecular flexibility index (Phi) is 4.95. The summed E-state index contributed by atoms with van der Waals surface area (Å²) < 4.78 is 18.6. The fourth-order valence-corrected chi connectivity index (χ4v) is 4.53. The molecule has 0 bridgehead atoms. The van der Waals surface area contributed by atoms with Gasteiger partial charge in [-0.25, -0.2) is 14.4 Å². The van der Waals surface area contributed by atoms with Crippen molar-refractivity contribution in [1.82, 2.24) is 29.3 Å². The van der Waals surface area contributed by atoms with E-state index in [-0.39, 0.29) is 17.4 Å². The number of pyridine rings is 1. The average Bonchev–Trinajstić information content (AvgIpc) is 3.25. The zero-order valence-electron chi connectivity index (χ0n) is 19.1. The lowest BCUT2D eigenvalue weighted by Gasteiger charge is -2.12. The highest BCUT2D eigenvalue weighted by atomic mass is 19.1. The standard InChI is InChI=1S/C26H22FN7O/c1-3-17-9-10-24-31-32-25(34(17)24)20-5-4-6-23(29-20)30-26(35)18-12-22(15(2)11-19(18)27)33-13-21(28-14-33)16-7-8-16/h1,4-6,11-14,16-17H,7-10H2,2H3,(H,29,30,35)/t17-/m0/s1. The van der Waals surface area contributed by atoms with Crippen LogP contribution in [0.5, 0.6) is 0 Å². The van der Waals surface area contributed by atoms with E-state index in [4.69, 9.17) is 6.42 Å². The maximum Gasteiger partial charge on any atom is 0.259 e. The SMILES string of the molecule is C#C[C@H]1CCc2nnc(-c3cccc(NC(=O)c4cc(-n5cnc(C6CC6)c5)c(C)cc4F)n3)n21. The van der Waals surface area contributed by atoms with Crippen molar-refractivity contribution >= 4 is 11.7 Å². The number of carbonyl (C=O) groups is 1. The number of terminal acetylenes is 1. The van der Waals surface area contributed by atoms with Crippen molar-refractivity contribution < 1.29 is 9.18 Å². The molecule has 9 heteroatoms. The van der Waals surface area contributed by atoms with Gasteiger partial charge < -0.3 is 9.88 Å². The predicted octanol–water partition coefficient (Wildman–Crippen LogP) is 4.22. The Morgan fingerprint density at radius 3 is 2.89 bits per heavy atom. The highest BCUT2D eigenvalue weighted by Crippen LogP contribution is 2.39. The largest absolute Gasteiger partial charge is 0.306 e. The molecule has 6 rings (SSSR count). The Balaban J connectivity index is 1.28. The van der Waals surface area contributed by atoms with E-state index in [1.54, 1.807) is 30.6 Å². The molecule has 2 aliphatic rings. The third-order valence-electron chi connectivity index (χ3n) is 6.54. The normalized spacial score (nSPS) is 16.7. The van der Waals surface area contributed by atoms with Crippen LogP contribution in [0.3, 0.4) is 0 Å². The molecule has 174 valence electrons. The van der Waals surface area contributed by atoms with E-state index in [0.29, 0.717) is 28.7 Å². The lowest BCUT2D eigenvalue weighted by Crippen LogP contribution is -2.16. The predicted molar refractivity (Wildman–Crippen MR) is 128 cm³/mol. The van der Waals surface area contributed by atoms with Gasteiger partial charge in [0.15, 0.2) is 5.82 Å². The number of aromatic nitrogens is 6. The molecule has 0 radical (unpaired) electrons. The van der Waals surface area contributed by atoms with Gasteiger partial charge in [0, 0.05) is 18.5 Å². The van der Waals surface area contributed by atoms with Gasteiger partial charge in [-0.2, -0.15) is 0 Å². The molecule has 0 unspecified atom stereocenters.